The first-order chi connectivity index (χ1) is 5.73. The Balaban J connectivity index is 2.55. The topological polar surface area (TPSA) is 21.3 Å². The highest BCUT2D eigenvalue weighted by Gasteiger charge is 2.36. The van der Waals surface area contributed by atoms with Gasteiger partial charge in [-0.3, -0.25) is 0 Å². The van der Waals surface area contributed by atoms with Crippen LogP contribution in [0.15, 0.2) is 12.7 Å². The van der Waals surface area contributed by atoms with E-state index in [4.69, 9.17) is 4.74 Å². The molecule has 0 aromatic rings. The molecule has 0 amide bonds. The monoisotopic (exact) mass is 169 g/mol. The molecule has 0 aromatic heterocycles. The zero-order valence-corrected chi connectivity index (χ0v) is 8.10. The van der Waals surface area contributed by atoms with Crippen LogP contribution >= 0.6 is 0 Å². The molecule has 2 unspecified atom stereocenters. The maximum Gasteiger partial charge on any atom is 0.0810 e. The van der Waals surface area contributed by atoms with Crippen molar-refractivity contribution in [3.8, 4) is 0 Å². The summed E-state index contributed by atoms with van der Waals surface area (Å²) in [7, 11) is 1.99. The number of hydrogen-bond donors (Lipinski definition) is 1. The van der Waals surface area contributed by atoms with Crippen molar-refractivity contribution in [1.29, 1.82) is 0 Å². The van der Waals surface area contributed by atoms with Gasteiger partial charge in [-0.25, -0.2) is 0 Å². The van der Waals surface area contributed by atoms with E-state index in [1.807, 2.05) is 13.1 Å². The largest absolute Gasteiger partial charge is 0.374 e. The molecule has 2 nitrogen and oxygen atoms in total. The molecule has 1 rings (SSSR count). The molecule has 0 spiro atoms. The predicted molar refractivity (Wildman–Crippen MR) is 51.3 cm³/mol. The summed E-state index contributed by atoms with van der Waals surface area (Å²) < 4.78 is 5.74. The minimum absolute atomic E-state index is 0.0307. The highest BCUT2D eigenvalue weighted by atomic mass is 16.5. The van der Waals surface area contributed by atoms with Gasteiger partial charge in [0, 0.05) is 12.6 Å². The third-order valence-corrected chi connectivity index (χ3v) is 2.74. The first-order valence-corrected chi connectivity index (χ1v) is 4.65. The van der Waals surface area contributed by atoms with Crippen LogP contribution in [0.1, 0.15) is 26.2 Å². The molecule has 0 radical (unpaired) electrons. The first kappa shape index (κ1) is 9.75. The lowest BCUT2D eigenvalue weighted by atomic mass is 9.91. The molecule has 1 aliphatic rings. The number of likely N-dealkylation sites (N-methyl/N-ethyl adjacent to an activating group) is 1. The first-order valence-electron chi connectivity index (χ1n) is 4.65. The summed E-state index contributed by atoms with van der Waals surface area (Å²) in [5.74, 6) is 0. The van der Waals surface area contributed by atoms with Crippen molar-refractivity contribution in [2.24, 2.45) is 0 Å². The highest BCUT2D eigenvalue weighted by molar-refractivity contribution is 4.95. The molecule has 1 heterocycles. The Morgan fingerprint density at radius 1 is 1.75 bits per heavy atom. The van der Waals surface area contributed by atoms with Crippen LogP contribution in [0.25, 0.3) is 0 Å². The summed E-state index contributed by atoms with van der Waals surface area (Å²) in [6.07, 6.45) is 5.28. The number of nitrogens with one attached hydrogen (secondary N) is 1. The van der Waals surface area contributed by atoms with Gasteiger partial charge in [-0.2, -0.15) is 0 Å². The van der Waals surface area contributed by atoms with Crippen LogP contribution in [0.4, 0.5) is 0 Å². The van der Waals surface area contributed by atoms with Crippen molar-refractivity contribution in [1.82, 2.24) is 5.32 Å². The molecule has 0 bridgehead atoms. The van der Waals surface area contributed by atoms with Crippen LogP contribution in [0.2, 0.25) is 0 Å². The van der Waals surface area contributed by atoms with Crippen molar-refractivity contribution in [3.63, 3.8) is 0 Å². The van der Waals surface area contributed by atoms with Gasteiger partial charge in [-0.05, 0) is 33.2 Å². The summed E-state index contributed by atoms with van der Waals surface area (Å²) in [6.45, 7) is 6.85. The summed E-state index contributed by atoms with van der Waals surface area (Å²) in [5, 5.41) is 3.29. The highest BCUT2D eigenvalue weighted by Crippen LogP contribution is 2.29. The van der Waals surface area contributed by atoms with E-state index in [0.717, 1.165) is 19.4 Å². The van der Waals surface area contributed by atoms with E-state index in [-0.39, 0.29) is 5.60 Å². The van der Waals surface area contributed by atoms with Crippen LogP contribution in [0.5, 0.6) is 0 Å². The Morgan fingerprint density at radius 2 is 2.50 bits per heavy atom. The summed E-state index contributed by atoms with van der Waals surface area (Å²) in [4.78, 5) is 0. The molecule has 1 N–H and O–H groups in total. The van der Waals surface area contributed by atoms with Gasteiger partial charge in [0.2, 0.25) is 0 Å². The molecular formula is C10H19NO. The van der Waals surface area contributed by atoms with Gasteiger partial charge in [-0.1, -0.05) is 6.08 Å². The summed E-state index contributed by atoms with van der Waals surface area (Å²) in [6, 6.07) is 0.414. The molecule has 70 valence electrons. The smallest absolute Gasteiger partial charge is 0.0810 e. The van der Waals surface area contributed by atoms with Gasteiger partial charge in [-0.15, -0.1) is 6.58 Å². The lowest BCUT2D eigenvalue weighted by molar-refractivity contribution is -0.00870. The van der Waals surface area contributed by atoms with Gasteiger partial charge >= 0.3 is 0 Å². The van der Waals surface area contributed by atoms with Crippen molar-refractivity contribution >= 4 is 0 Å². The Bertz CT molecular complexity index is 150. The fourth-order valence-corrected chi connectivity index (χ4v) is 1.91. The fraction of sp³-hybridized carbons (Fsp3) is 0.800. The van der Waals surface area contributed by atoms with Gasteiger partial charge in [0.15, 0.2) is 0 Å². The van der Waals surface area contributed by atoms with Crippen LogP contribution in [-0.2, 0) is 4.74 Å². The average molecular weight is 169 g/mol. The maximum absolute atomic E-state index is 5.74. The molecule has 2 heteroatoms. The van der Waals surface area contributed by atoms with E-state index < -0.39 is 0 Å². The number of ether oxygens (including phenoxy) is 1. The minimum Gasteiger partial charge on any atom is -0.374 e. The van der Waals surface area contributed by atoms with Crippen LogP contribution in [-0.4, -0.2) is 25.3 Å². The quantitative estimate of drug-likeness (QED) is 0.647. The minimum atomic E-state index is 0.0307. The summed E-state index contributed by atoms with van der Waals surface area (Å²) >= 11 is 0. The second kappa shape index (κ2) is 4.06. The molecule has 1 fully saturated rings. The molecule has 0 aliphatic carbocycles. The molecule has 2 atom stereocenters. The van der Waals surface area contributed by atoms with Crippen molar-refractivity contribution in [2.45, 2.75) is 37.8 Å². The molecular weight excluding hydrogens is 150 g/mol. The maximum atomic E-state index is 5.74. The predicted octanol–water partition coefficient (Wildman–Crippen LogP) is 1.72. The Morgan fingerprint density at radius 3 is 2.92 bits per heavy atom. The SMILES string of the molecule is C=CCC(NC)C1(C)CCCO1. The Labute approximate surface area is 75.0 Å². The Kier molecular flexibility index (Phi) is 3.29. The lowest BCUT2D eigenvalue weighted by Gasteiger charge is -2.32. The van der Waals surface area contributed by atoms with Crippen LogP contribution < -0.4 is 5.32 Å². The van der Waals surface area contributed by atoms with Crippen molar-refractivity contribution in [3.05, 3.63) is 12.7 Å². The van der Waals surface area contributed by atoms with E-state index in [2.05, 4.69) is 18.8 Å². The van der Waals surface area contributed by atoms with E-state index in [1.165, 1.54) is 6.42 Å². The Hall–Kier alpha value is -0.340. The standard InChI is InChI=1S/C10H19NO/c1-4-6-9(11-3)10(2)7-5-8-12-10/h4,9,11H,1,5-8H2,2-3H3. The van der Waals surface area contributed by atoms with E-state index in [1.54, 1.807) is 0 Å². The van der Waals surface area contributed by atoms with E-state index in [0.29, 0.717) is 6.04 Å². The molecule has 1 saturated heterocycles. The van der Waals surface area contributed by atoms with Gasteiger partial charge in [0.1, 0.15) is 0 Å². The normalized spacial score (nSPS) is 31.8. The van der Waals surface area contributed by atoms with Crippen molar-refractivity contribution in [2.75, 3.05) is 13.7 Å². The summed E-state index contributed by atoms with van der Waals surface area (Å²) in [5.41, 5.74) is 0.0307. The molecule has 0 saturated carbocycles. The lowest BCUT2D eigenvalue weighted by Crippen LogP contribution is -2.46. The average Bonchev–Trinajstić information content (AvgIpc) is 2.49. The second-order valence-corrected chi connectivity index (χ2v) is 3.63. The molecule has 1 aliphatic heterocycles. The van der Waals surface area contributed by atoms with Crippen molar-refractivity contribution < 1.29 is 4.74 Å². The number of hydrogen-bond acceptors (Lipinski definition) is 2. The van der Waals surface area contributed by atoms with E-state index in [9.17, 15) is 0 Å². The zero-order chi connectivity index (χ0) is 9.03. The van der Waals surface area contributed by atoms with Crippen LogP contribution in [0.3, 0.4) is 0 Å². The molecule has 12 heavy (non-hydrogen) atoms. The zero-order valence-electron chi connectivity index (χ0n) is 8.10. The van der Waals surface area contributed by atoms with Gasteiger partial charge < -0.3 is 10.1 Å². The fourth-order valence-electron chi connectivity index (χ4n) is 1.91. The second-order valence-electron chi connectivity index (χ2n) is 3.63. The number of rotatable bonds is 4. The van der Waals surface area contributed by atoms with Crippen LogP contribution in [0, 0.1) is 0 Å². The third-order valence-electron chi connectivity index (χ3n) is 2.74. The van der Waals surface area contributed by atoms with Gasteiger partial charge in [0.25, 0.3) is 0 Å². The molecule has 0 aromatic carbocycles. The third kappa shape index (κ3) is 1.87. The van der Waals surface area contributed by atoms with E-state index >= 15 is 0 Å². The van der Waals surface area contributed by atoms with Gasteiger partial charge in [0.05, 0.1) is 5.60 Å².